The van der Waals surface area contributed by atoms with Gasteiger partial charge in [0.05, 0.1) is 20.3 Å². The van der Waals surface area contributed by atoms with Crippen molar-refractivity contribution in [3.8, 4) is 17.2 Å². The van der Waals surface area contributed by atoms with Crippen LogP contribution in [0.1, 0.15) is 28.4 Å². The van der Waals surface area contributed by atoms with Crippen LogP contribution in [0, 0.1) is 0 Å². The number of rotatable bonds is 7. The third-order valence-corrected chi connectivity index (χ3v) is 5.47. The van der Waals surface area contributed by atoms with Crippen LogP contribution < -0.4 is 25.3 Å². The summed E-state index contributed by atoms with van der Waals surface area (Å²) in [6.45, 7) is -0.325. The predicted octanol–water partition coefficient (Wildman–Crippen LogP) is 2.53. The van der Waals surface area contributed by atoms with Crippen LogP contribution in [0.25, 0.3) is 0 Å². The maximum atomic E-state index is 12.9. The number of nitrogens with one attached hydrogen (secondary N) is 1. The number of benzene rings is 2. The van der Waals surface area contributed by atoms with Crippen LogP contribution in [-0.4, -0.2) is 38.4 Å². The minimum Gasteiger partial charge on any atom is -0.493 e. The Hall–Kier alpha value is -2.87. The highest BCUT2D eigenvalue weighted by molar-refractivity contribution is 7.99. The molecule has 3 rings (SSSR count). The van der Waals surface area contributed by atoms with Crippen LogP contribution in [0.3, 0.4) is 0 Å². The van der Waals surface area contributed by atoms with Crippen LogP contribution in [0.15, 0.2) is 41.3 Å². The molecular weight excluding hydrogens is 380 g/mol. The molecule has 2 aromatic carbocycles. The smallest absolute Gasteiger partial charge is 0.255 e. The molecule has 2 amide bonds. The molecule has 0 saturated heterocycles. The van der Waals surface area contributed by atoms with Gasteiger partial charge in [0, 0.05) is 16.2 Å². The van der Waals surface area contributed by atoms with Gasteiger partial charge in [-0.25, -0.2) is 0 Å². The summed E-state index contributed by atoms with van der Waals surface area (Å²) in [5.41, 5.74) is 6.62. The molecule has 8 heteroatoms. The van der Waals surface area contributed by atoms with Crippen LogP contribution in [0.4, 0.5) is 0 Å². The standard InChI is InChI=1S/C20H22N2O5S/c1-25-15-9-12(10-16(26-2)19(15)27-11-18(21)23)20(24)22-14-7-8-28-17-6-4-3-5-13(14)17/h3-6,9-10,14H,7-8,11H2,1-2H3,(H2,21,23)(H,22,24). The third-order valence-electron chi connectivity index (χ3n) is 4.35. The minimum absolute atomic E-state index is 0.0623. The number of hydrogen-bond donors (Lipinski definition) is 2. The van der Waals surface area contributed by atoms with Gasteiger partial charge in [0.15, 0.2) is 18.1 Å². The minimum atomic E-state index is -0.625. The van der Waals surface area contributed by atoms with E-state index in [-0.39, 0.29) is 35.8 Å². The summed E-state index contributed by atoms with van der Waals surface area (Å²) in [5.74, 6) is 0.856. The lowest BCUT2D eigenvalue weighted by molar-refractivity contribution is -0.120. The molecule has 1 aliphatic heterocycles. The van der Waals surface area contributed by atoms with Crippen LogP contribution in [0.2, 0.25) is 0 Å². The van der Waals surface area contributed by atoms with Gasteiger partial charge in [0.2, 0.25) is 5.75 Å². The molecule has 1 aliphatic rings. The zero-order valence-corrected chi connectivity index (χ0v) is 16.5. The number of nitrogens with two attached hydrogens (primary N) is 1. The van der Waals surface area contributed by atoms with Crippen molar-refractivity contribution in [1.29, 1.82) is 0 Å². The van der Waals surface area contributed by atoms with E-state index in [9.17, 15) is 9.59 Å². The Morgan fingerprint density at radius 2 is 1.86 bits per heavy atom. The summed E-state index contributed by atoms with van der Waals surface area (Å²) < 4.78 is 16.0. The molecule has 0 radical (unpaired) electrons. The van der Waals surface area contributed by atoms with Crippen molar-refractivity contribution < 1.29 is 23.8 Å². The van der Waals surface area contributed by atoms with Crippen molar-refractivity contribution in [1.82, 2.24) is 5.32 Å². The molecule has 0 saturated carbocycles. The average molecular weight is 402 g/mol. The molecular formula is C20H22N2O5S. The molecule has 0 bridgehead atoms. The fraction of sp³-hybridized carbons (Fsp3) is 0.300. The number of fused-ring (bicyclic) bond motifs is 1. The summed E-state index contributed by atoms with van der Waals surface area (Å²) in [5, 5.41) is 3.09. The Balaban J connectivity index is 1.85. The monoisotopic (exact) mass is 402 g/mol. The quantitative estimate of drug-likeness (QED) is 0.738. The summed E-state index contributed by atoms with van der Waals surface area (Å²) >= 11 is 1.79. The average Bonchev–Trinajstić information content (AvgIpc) is 2.71. The molecule has 1 unspecified atom stereocenters. The van der Waals surface area contributed by atoms with Gasteiger partial charge in [-0.2, -0.15) is 0 Å². The number of carbonyl (C=O) groups excluding carboxylic acids is 2. The molecule has 0 fully saturated rings. The van der Waals surface area contributed by atoms with E-state index in [4.69, 9.17) is 19.9 Å². The molecule has 2 aromatic rings. The first-order valence-electron chi connectivity index (χ1n) is 8.73. The maximum Gasteiger partial charge on any atom is 0.255 e. The molecule has 0 spiro atoms. The largest absolute Gasteiger partial charge is 0.493 e. The van der Waals surface area contributed by atoms with E-state index in [0.717, 1.165) is 17.7 Å². The first kappa shape index (κ1) is 19.9. The van der Waals surface area contributed by atoms with Crippen LogP contribution in [0.5, 0.6) is 17.2 Å². The van der Waals surface area contributed by atoms with Crippen molar-refractivity contribution in [3.05, 3.63) is 47.5 Å². The Morgan fingerprint density at radius 3 is 2.50 bits per heavy atom. The Morgan fingerprint density at radius 1 is 1.18 bits per heavy atom. The third kappa shape index (κ3) is 4.33. The lowest BCUT2D eigenvalue weighted by atomic mass is 10.0. The number of primary amides is 1. The number of ether oxygens (including phenoxy) is 3. The molecule has 0 aromatic heterocycles. The molecule has 7 nitrogen and oxygen atoms in total. The maximum absolute atomic E-state index is 12.9. The van der Waals surface area contributed by atoms with Gasteiger partial charge in [-0.05, 0) is 30.2 Å². The van der Waals surface area contributed by atoms with Gasteiger partial charge in [-0.15, -0.1) is 11.8 Å². The van der Waals surface area contributed by atoms with E-state index in [0.29, 0.717) is 5.56 Å². The highest BCUT2D eigenvalue weighted by atomic mass is 32.2. The highest BCUT2D eigenvalue weighted by Crippen LogP contribution is 2.39. The normalized spacial score (nSPS) is 15.3. The fourth-order valence-corrected chi connectivity index (χ4v) is 4.16. The lowest BCUT2D eigenvalue weighted by Gasteiger charge is -2.26. The first-order valence-corrected chi connectivity index (χ1v) is 9.71. The summed E-state index contributed by atoms with van der Waals surface area (Å²) in [6, 6.07) is 11.1. The van der Waals surface area contributed by atoms with Gasteiger partial charge in [-0.3, -0.25) is 9.59 Å². The summed E-state index contributed by atoms with van der Waals surface area (Å²) in [6.07, 6.45) is 0.849. The molecule has 28 heavy (non-hydrogen) atoms. The van der Waals surface area contributed by atoms with Crippen molar-refractivity contribution in [2.24, 2.45) is 5.73 Å². The summed E-state index contributed by atoms with van der Waals surface area (Å²) in [7, 11) is 2.89. The van der Waals surface area contributed by atoms with Gasteiger partial charge < -0.3 is 25.3 Å². The second-order valence-electron chi connectivity index (χ2n) is 6.17. The van der Waals surface area contributed by atoms with E-state index >= 15 is 0 Å². The Kier molecular flexibility index (Phi) is 6.30. The zero-order chi connectivity index (χ0) is 20.1. The lowest BCUT2D eigenvalue weighted by Crippen LogP contribution is -2.30. The molecule has 0 aliphatic carbocycles. The fourth-order valence-electron chi connectivity index (χ4n) is 3.03. The van der Waals surface area contributed by atoms with Gasteiger partial charge >= 0.3 is 0 Å². The van der Waals surface area contributed by atoms with Gasteiger partial charge in [0.25, 0.3) is 11.8 Å². The number of thioether (sulfide) groups is 1. The summed E-state index contributed by atoms with van der Waals surface area (Å²) in [4.78, 5) is 25.1. The Labute approximate surface area is 167 Å². The van der Waals surface area contributed by atoms with Crippen molar-refractivity contribution in [2.45, 2.75) is 17.4 Å². The topological polar surface area (TPSA) is 99.9 Å². The molecule has 3 N–H and O–H groups in total. The van der Waals surface area contributed by atoms with Crippen LogP contribution >= 0.6 is 11.8 Å². The molecule has 1 heterocycles. The first-order chi connectivity index (χ1) is 13.5. The molecule has 1 atom stereocenters. The second kappa shape index (κ2) is 8.88. The van der Waals surface area contributed by atoms with E-state index < -0.39 is 5.91 Å². The Bertz CT molecular complexity index is 862. The van der Waals surface area contributed by atoms with Gasteiger partial charge in [0.1, 0.15) is 0 Å². The number of hydrogen-bond acceptors (Lipinski definition) is 6. The number of amides is 2. The van der Waals surface area contributed by atoms with E-state index in [2.05, 4.69) is 11.4 Å². The highest BCUT2D eigenvalue weighted by Gasteiger charge is 2.24. The van der Waals surface area contributed by atoms with Crippen LogP contribution in [-0.2, 0) is 4.79 Å². The van der Waals surface area contributed by atoms with Crippen molar-refractivity contribution in [2.75, 3.05) is 26.6 Å². The second-order valence-corrected chi connectivity index (χ2v) is 7.30. The SMILES string of the molecule is COc1cc(C(=O)NC2CCSc3ccccc32)cc(OC)c1OCC(N)=O. The van der Waals surface area contributed by atoms with E-state index in [1.165, 1.54) is 19.1 Å². The van der Waals surface area contributed by atoms with Gasteiger partial charge in [-0.1, -0.05) is 18.2 Å². The van der Waals surface area contributed by atoms with Crippen molar-refractivity contribution in [3.63, 3.8) is 0 Å². The number of carbonyl (C=O) groups is 2. The number of methoxy groups -OCH3 is 2. The van der Waals surface area contributed by atoms with Crippen molar-refractivity contribution >= 4 is 23.6 Å². The molecule has 148 valence electrons. The predicted molar refractivity (Wildman–Crippen MR) is 106 cm³/mol. The van der Waals surface area contributed by atoms with E-state index in [1.807, 2.05) is 18.2 Å². The van der Waals surface area contributed by atoms with E-state index in [1.54, 1.807) is 23.9 Å². The zero-order valence-electron chi connectivity index (χ0n) is 15.7.